The molecular weight excluding hydrogens is 524 g/mol. The number of fused-ring (bicyclic) bond motifs is 1. The van der Waals surface area contributed by atoms with Crippen LogP contribution in [0.25, 0.3) is 10.9 Å². The summed E-state index contributed by atoms with van der Waals surface area (Å²) in [6, 6.07) is 18.1. The Bertz CT molecular complexity index is 1100. The molecule has 3 rings (SSSR count). The average Bonchev–Trinajstić information content (AvgIpc) is 2.77. The molecule has 2 N–H and O–H groups in total. The number of benzene rings is 2. The van der Waals surface area contributed by atoms with Crippen LogP contribution < -0.4 is 0 Å². The van der Waals surface area contributed by atoms with Gasteiger partial charge < -0.3 is 10.2 Å². The van der Waals surface area contributed by atoms with Gasteiger partial charge in [0.1, 0.15) is 0 Å². The normalized spacial score (nSPS) is 10.6. The first kappa shape index (κ1) is 32.8. The molecule has 0 spiro atoms. The van der Waals surface area contributed by atoms with Crippen LogP contribution in [0.5, 0.6) is 0 Å². The number of hydrogen-bond acceptors (Lipinski definition) is 5. The SMILES string of the molecule is O=C(O)CCSC(SCCC(=O)O)c1cccc(CCCc2ccc3ccc(Cl)cc3n2)c1.[NaH].[NaH]. The molecule has 0 saturated carbocycles. The number of aromatic nitrogens is 1. The van der Waals surface area contributed by atoms with Gasteiger partial charge in [0.05, 0.1) is 22.9 Å². The van der Waals surface area contributed by atoms with Gasteiger partial charge in [0.25, 0.3) is 0 Å². The van der Waals surface area contributed by atoms with Crippen LogP contribution in [0.2, 0.25) is 5.02 Å². The second kappa shape index (κ2) is 17.3. The van der Waals surface area contributed by atoms with Crippen molar-refractivity contribution in [3.63, 3.8) is 0 Å². The van der Waals surface area contributed by atoms with Crippen LogP contribution in [0, 0.1) is 0 Å². The monoisotopic (exact) mass is 551 g/mol. The molecule has 5 nitrogen and oxygen atoms in total. The number of hydrogen-bond donors (Lipinski definition) is 2. The molecule has 0 aliphatic carbocycles. The molecule has 0 aliphatic rings. The molecule has 2 aromatic carbocycles. The van der Waals surface area contributed by atoms with E-state index in [0.717, 1.165) is 41.4 Å². The van der Waals surface area contributed by atoms with Gasteiger partial charge in [0.15, 0.2) is 0 Å². The standard InChI is InChI=1S/C25H26ClNO4S2.2Na.2H/c26-20-9-7-18-8-10-21(27-22(18)16-20)6-2-4-17-3-1-5-19(15-17)25(32-13-11-23(28)29)33-14-12-24(30)31;;;;/h1,3,5,7-10,15-16,25H,2,4,6,11-14H2,(H,28,29)(H,30,31);;;;. The number of halogens is 1. The van der Waals surface area contributed by atoms with E-state index in [0.29, 0.717) is 16.5 Å². The molecule has 178 valence electrons. The third kappa shape index (κ3) is 11.8. The molecule has 0 unspecified atom stereocenters. The van der Waals surface area contributed by atoms with Crippen LogP contribution in [-0.2, 0) is 22.4 Å². The van der Waals surface area contributed by atoms with Crippen molar-refractivity contribution in [2.24, 2.45) is 0 Å². The van der Waals surface area contributed by atoms with Crippen molar-refractivity contribution < 1.29 is 19.8 Å². The van der Waals surface area contributed by atoms with E-state index >= 15 is 0 Å². The van der Waals surface area contributed by atoms with E-state index in [1.165, 1.54) is 5.56 Å². The Morgan fingerprint density at radius 2 is 1.54 bits per heavy atom. The minimum atomic E-state index is -0.824. The van der Waals surface area contributed by atoms with E-state index < -0.39 is 11.9 Å². The van der Waals surface area contributed by atoms with E-state index in [1.807, 2.05) is 30.3 Å². The van der Waals surface area contributed by atoms with Gasteiger partial charge in [-0.2, -0.15) is 0 Å². The Labute approximate surface area is 263 Å². The van der Waals surface area contributed by atoms with Gasteiger partial charge in [0.2, 0.25) is 0 Å². The molecule has 0 radical (unpaired) electrons. The van der Waals surface area contributed by atoms with E-state index in [9.17, 15) is 9.59 Å². The zero-order chi connectivity index (χ0) is 23.6. The summed E-state index contributed by atoms with van der Waals surface area (Å²) in [5.74, 6) is -0.672. The van der Waals surface area contributed by atoms with Crippen molar-refractivity contribution in [2.45, 2.75) is 36.7 Å². The number of carbonyl (C=O) groups is 2. The quantitative estimate of drug-likeness (QED) is 0.223. The Morgan fingerprint density at radius 1 is 0.886 bits per heavy atom. The van der Waals surface area contributed by atoms with Gasteiger partial charge in [-0.3, -0.25) is 14.6 Å². The van der Waals surface area contributed by atoms with Gasteiger partial charge in [-0.1, -0.05) is 48.0 Å². The summed E-state index contributed by atoms with van der Waals surface area (Å²) < 4.78 is 0.00977. The number of pyridine rings is 1. The van der Waals surface area contributed by atoms with Crippen LogP contribution in [0.3, 0.4) is 0 Å². The van der Waals surface area contributed by atoms with Crippen LogP contribution in [0.4, 0.5) is 0 Å². The number of thioether (sulfide) groups is 2. The fourth-order valence-corrected chi connectivity index (χ4v) is 6.21. The number of carboxylic acid groups (broad SMARTS) is 2. The van der Waals surface area contributed by atoms with Gasteiger partial charge in [0, 0.05) is 27.6 Å². The van der Waals surface area contributed by atoms with Crippen LogP contribution >= 0.6 is 35.1 Å². The maximum atomic E-state index is 10.9. The van der Waals surface area contributed by atoms with Crippen molar-refractivity contribution in [3.05, 3.63) is 76.4 Å². The molecule has 35 heavy (non-hydrogen) atoms. The van der Waals surface area contributed by atoms with Gasteiger partial charge in [-0.25, -0.2) is 0 Å². The van der Waals surface area contributed by atoms with Crippen molar-refractivity contribution >= 4 is 117 Å². The summed E-state index contributed by atoms with van der Waals surface area (Å²) in [5.41, 5.74) is 4.24. The molecule has 10 heteroatoms. The molecule has 0 aliphatic heterocycles. The maximum absolute atomic E-state index is 10.9. The molecule has 0 amide bonds. The number of aryl methyl sites for hydroxylation is 2. The molecule has 0 atom stereocenters. The van der Waals surface area contributed by atoms with Crippen molar-refractivity contribution in [1.29, 1.82) is 0 Å². The van der Waals surface area contributed by atoms with Crippen molar-refractivity contribution in [3.8, 4) is 0 Å². The molecule has 3 aromatic rings. The molecule has 0 bridgehead atoms. The predicted octanol–water partition coefficient (Wildman–Crippen LogP) is 5.18. The van der Waals surface area contributed by atoms with Crippen LogP contribution in [-0.4, -0.2) is 97.8 Å². The summed E-state index contributed by atoms with van der Waals surface area (Å²) >= 11 is 9.20. The summed E-state index contributed by atoms with van der Waals surface area (Å²) in [7, 11) is 0. The number of carboxylic acids is 2. The number of rotatable bonds is 13. The summed E-state index contributed by atoms with van der Waals surface area (Å²) in [5, 5.41) is 19.6. The third-order valence-electron chi connectivity index (χ3n) is 5.00. The number of aliphatic carboxylic acids is 2. The van der Waals surface area contributed by atoms with E-state index in [-0.39, 0.29) is 76.5 Å². The zero-order valence-electron chi connectivity index (χ0n) is 18.1. The first-order chi connectivity index (χ1) is 15.9. The third-order valence-corrected chi connectivity index (χ3v) is 8.08. The minimum absolute atomic E-state index is 0. The Hall–Kier alpha value is -0.220. The van der Waals surface area contributed by atoms with Gasteiger partial charge >= 0.3 is 71.1 Å². The van der Waals surface area contributed by atoms with Gasteiger partial charge in [-0.05, 0) is 48.6 Å². The average molecular weight is 552 g/mol. The summed E-state index contributed by atoms with van der Waals surface area (Å²) in [6.07, 6.45) is 2.88. The Morgan fingerprint density at radius 3 is 2.20 bits per heavy atom. The first-order valence-corrected chi connectivity index (χ1v) is 13.2. The molecule has 0 saturated heterocycles. The van der Waals surface area contributed by atoms with E-state index in [4.69, 9.17) is 26.8 Å². The van der Waals surface area contributed by atoms with Gasteiger partial charge in [-0.15, -0.1) is 23.5 Å². The first-order valence-electron chi connectivity index (χ1n) is 10.7. The Balaban J connectivity index is 0.00000306. The zero-order valence-corrected chi connectivity index (χ0v) is 20.5. The van der Waals surface area contributed by atoms with E-state index in [2.05, 4.69) is 24.3 Å². The molecule has 0 fully saturated rings. The van der Waals surface area contributed by atoms with Crippen molar-refractivity contribution in [1.82, 2.24) is 4.98 Å². The predicted molar refractivity (Wildman–Crippen MR) is 152 cm³/mol. The fraction of sp³-hybridized carbons (Fsp3) is 0.320. The number of nitrogens with zero attached hydrogens (tertiary/aromatic N) is 1. The topological polar surface area (TPSA) is 87.5 Å². The molecule has 1 heterocycles. The van der Waals surface area contributed by atoms with E-state index in [1.54, 1.807) is 23.5 Å². The fourth-order valence-electron chi connectivity index (χ4n) is 3.39. The Kier molecular flexibility index (Phi) is 16.2. The van der Waals surface area contributed by atoms with Crippen LogP contribution in [0.15, 0.2) is 54.6 Å². The molecular formula is C25H28ClNNa2O4S2. The summed E-state index contributed by atoms with van der Waals surface area (Å²) in [6.45, 7) is 0. The van der Waals surface area contributed by atoms with Crippen molar-refractivity contribution in [2.75, 3.05) is 11.5 Å². The molecule has 1 aromatic heterocycles. The second-order valence-electron chi connectivity index (χ2n) is 7.60. The summed E-state index contributed by atoms with van der Waals surface area (Å²) in [4.78, 5) is 26.5. The van der Waals surface area contributed by atoms with Crippen LogP contribution in [0.1, 0.15) is 40.7 Å². The second-order valence-corrected chi connectivity index (χ2v) is 10.8.